The average molecular weight is 597 g/mol. The predicted octanol–water partition coefficient (Wildman–Crippen LogP) is 5.60. The number of nitrogens with zero attached hydrogens (tertiary/aromatic N) is 2. The molecule has 1 N–H and O–H groups in total. The van der Waals surface area contributed by atoms with Gasteiger partial charge in [0.25, 0.3) is 5.91 Å². The molecule has 1 saturated carbocycles. The first kappa shape index (κ1) is 28.7. The van der Waals surface area contributed by atoms with Gasteiger partial charge in [0.15, 0.2) is 6.73 Å². The molecule has 6 nitrogen and oxygen atoms in total. The number of aliphatic hydroxyl groups excluding tert-OH is 1. The highest BCUT2D eigenvalue weighted by Gasteiger charge is 2.56. The number of carbonyl (C=O) groups is 1. The number of hydrogen-bond donors (Lipinski definition) is 1. The van der Waals surface area contributed by atoms with Gasteiger partial charge in [-0.1, -0.05) is 23.7 Å². The zero-order chi connectivity index (χ0) is 28.9. The van der Waals surface area contributed by atoms with Crippen molar-refractivity contribution < 1.29 is 36.9 Å². The van der Waals surface area contributed by atoms with Crippen molar-refractivity contribution >= 4 is 17.5 Å². The van der Waals surface area contributed by atoms with E-state index in [4.69, 9.17) is 21.1 Å². The molecule has 4 aliphatic rings. The average Bonchev–Trinajstić information content (AvgIpc) is 3.82. The van der Waals surface area contributed by atoms with Crippen LogP contribution in [0.3, 0.4) is 0 Å². The standard InChI is InChI=1S/C30H33ClF4N2O4/c31-26-12-22(30(33,34)35)11-19-13-37(17-40-27(19)26)28(39)29(21-3-4-21)9-7-24(16-41-29)36-10-8-25(20(14-36)15-38)18-1-5-23(32)6-2-18/h1-2,5-6,11-12,20-21,24-25,38H,3-4,7-10,13-17H2/t20-,24?,25?,29-/m0/s1. The van der Waals surface area contributed by atoms with Crippen LogP contribution in [-0.4, -0.2) is 65.5 Å². The van der Waals surface area contributed by atoms with Crippen LogP contribution in [0.15, 0.2) is 36.4 Å². The number of carbonyl (C=O) groups excluding carboxylic acids is 1. The van der Waals surface area contributed by atoms with Gasteiger partial charge >= 0.3 is 6.18 Å². The summed E-state index contributed by atoms with van der Waals surface area (Å²) in [6.45, 7) is 1.72. The zero-order valence-electron chi connectivity index (χ0n) is 22.5. The fourth-order valence-electron chi connectivity index (χ4n) is 6.90. The summed E-state index contributed by atoms with van der Waals surface area (Å²) in [4.78, 5) is 17.7. The number of benzene rings is 2. The number of aliphatic hydroxyl groups is 1. The maximum Gasteiger partial charge on any atom is 0.416 e. The summed E-state index contributed by atoms with van der Waals surface area (Å²) in [6.07, 6.45) is -0.771. The molecular weight excluding hydrogens is 564 g/mol. The minimum absolute atomic E-state index is 0.00457. The maximum absolute atomic E-state index is 13.9. The second kappa shape index (κ2) is 11.0. The van der Waals surface area contributed by atoms with Crippen molar-refractivity contribution in [1.29, 1.82) is 0 Å². The van der Waals surface area contributed by atoms with E-state index in [2.05, 4.69) is 4.90 Å². The number of fused-ring (bicyclic) bond motifs is 1. The Morgan fingerprint density at radius 3 is 2.51 bits per heavy atom. The van der Waals surface area contributed by atoms with Crippen LogP contribution in [-0.2, 0) is 22.3 Å². The highest BCUT2D eigenvalue weighted by Crippen LogP contribution is 2.49. The van der Waals surface area contributed by atoms with Gasteiger partial charge < -0.3 is 19.5 Å². The highest BCUT2D eigenvalue weighted by atomic mass is 35.5. The lowest BCUT2D eigenvalue weighted by atomic mass is 9.79. The Kier molecular flexibility index (Phi) is 7.72. The first-order valence-corrected chi connectivity index (χ1v) is 14.5. The SMILES string of the molecule is O=C(N1COc2c(Cl)cc(C(F)(F)F)cc2C1)[C@@]1(C2CC2)CCC(N2CCC(c3ccc(F)cc3)[C@H](CO)C2)CO1. The van der Waals surface area contributed by atoms with Crippen LogP contribution in [0.5, 0.6) is 5.75 Å². The second-order valence-electron chi connectivity index (χ2n) is 11.8. The van der Waals surface area contributed by atoms with Crippen LogP contribution in [0.1, 0.15) is 54.7 Å². The van der Waals surface area contributed by atoms with Gasteiger partial charge in [0.2, 0.25) is 0 Å². The van der Waals surface area contributed by atoms with Crippen molar-refractivity contribution in [3.63, 3.8) is 0 Å². The van der Waals surface area contributed by atoms with Gasteiger partial charge in [-0.2, -0.15) is 13.2 Å². The van der Waals surface area contributed by atoms with Crippen molar-refractivity contribution in [3.05, 3.63) is 63.9 Å². The van der Waals surface area contributed by atoms with E-state index in [0.717, 1.165) is 49.9 Å². The molecule has 0 bridgehead atoms. The molecule has 4 atom stereocenters. The Morgan fingerprint density at radius 2 is 1.88 bits per heavy atom. The van der Waals surface area contributed by atoms with Gasteiger partial charge in [0, 0.05) is 30.7 Å². The largest absolute Gasteiger partial charge is 0.471 e. The van der Waals surface area contributed by atoms with Crippen molar-refractivity contribution in [2.45, 2.75) is 62.4 Å². The summed E-state index contributed by atoms with van der Waals surface area (Å²) in [5.74, 6) is -0.143. The molecule has 2 aromatic carbocycles. The number of ether oxygens (including phenoxy) is 2. The van der Waals surface area contributed by atoms with Gasteiger partial charge in [0.05, 0.1) is 23.7 Å². The van der Waals surface area contributed by atoms with Crippen molar-refractivity contribution in [1.82, 2.24) is 9.80 Å². The van der Waals surface area contributed by atoms with Crippen LogP contribution in [0.2, 0.25) is 5.02 Å². The Labute approximate surface area is 241 Å². The Bertz CT molecular complexity index is 1280. The van der Waals surface area contributed by atoms with Crippen molar-refractivity contribution in [2.24, 2.45) is 11.8 Å². The Morgan fingerprint density at radius 1 is 1.12 bits per heavy atom. The third-order valence-corrected chi connectivity index (χ3v) is 9.54. The molecule has 1 aliphatic carbocycles. The first-order chi connectivity index (χ1) is 19.6. The summed E-state index contributed by atoms with van der Waals surface area (Å²) >= 11 is 6.09. The number of hydrogen-bond acceptors (Lipinski definition) is 5. The lowest BCUT2D eigenvalue weighted by molar-refractivity contribution is -0.180. The van der Waals surface area contributed by atoms with E-state index in [-0.39, 0.29) is 71.7 Å². The molecule has 41 heavy (non-hydrogen) atoms. The highest BCUT2D eigenvalue weighted by molar-refractivity contribution is 6.32. The third kappa shape index (κ3) is 5.56. The molecule has 3 fully saturated rings. The maximum atomic E-state index is 13.9. The lowest BCUT2D eigenvalue weighted by Crippen LogP contribution is -2.59. The van der Waals surface area contributed by atoms with Crippen LogP contribution in [0.25, 0.3) is 0 Å². The van der Waals surface area contributed by atoms with Crippen LogP contribution >= 0.6 is 11.6 Å². The smallest absolute Gasteiger partial charge is 0.416 e. The van der Waals surface area contributed by atoms with E-state index < -0.39 is 17.3 Å². The summed E-state index contributed by atoms with van der Waals surface area (Å²) in [5.41, 5.74) is -0.649. The number of halogens is 5. The summed E-state index contributed by atoms with van der Waals surface area (Å²) in [5, 5.41) is 10.0. The van der Waals surface area contributed by atoms with Crippen LogP contribution in [0, 0.1) is 17.7 Å². The minimum Gasteiger partial charge on any atom is -0.471 e. The van der Waals surface area contributed by atoms with Gasteiger partial charge in [0.1, 0.15) is 17.2 Å². The molecule has 0 aromatic heterocycles. The van der Waals surface area contributed by atoms with Gasteiger partial charge in [-0.25, -0.2) is 4.39 Å². The minimum atomic E-state index is -4.57. The monoisotopic (exact) mass is 596 g/mol. The molecule has 0 radical (unpaired) electrons. The van der Waals surface area contributed by atoms with E-state index in [1.54, 1.807) is 12.1 Å². The molecule has 3 aliphatic heterocycles. The molecule has 2 aromatic rings. The quantitative estimate of drug-likeness (QED) is 0.455. The summed E-state index contributed by atoms with van der Waals surface area (Å²) in [7, 11) is 0. The fourth-order valence-corrected chi connectivity index (χ4v) is 7.19. The molecule has 2 unspecified atom stereocenters. The van der Waals surface area contributed by atoms with E-state index >= 15 is 0 Å². The van der Waals surface area contributed by atoms with E-state index in [0.29, 0.717) is 19.6 Å². The second-order valence-corrected chi connectivity index (χ2v) is 12.2. The van der Waals surface area contributed by atoms with Crippen LogP contribution in [0.4, 0.5) is 17.6 Å². The van der Waals surface area contributed by atoms with Gasteiger partial charge in [-0.15, -0.1) is 0 Å². The van der Waals surface area contributed by atoms with Crippen molar-refractivity contribution in [2.75, 3.05) is 33.0 Å². The molecule has 6 rings (SSSR count). The molecule has 2 saturated heterocycles. The number of amides is 1. The molecule has 0 spiro atoms. The Balaban J connectivity index is 1.13. The topological polar surface area (TPSA) is 62.2 Å². The van der Waals surface area contributed by atoms with Gasteiger partial charge in [-0.05, 0) is 80.3 Å². The first-order valence-electron chi connectivity index (χ1n) is 14.1. The molecule has 3 heterocycles. The van der Waals surface area contributed by atoms with E-state index in [1.165, 1.54) is 17.0 Å². The lowest BCUT2D eigenvalue weighted by Gasteiger charge is -2.48. The van der Waals surface area contributed by atoms with Crippen molar-refractivity contribution in [3.8, 4) is 5.75 Å². The number of alkyl halides is 3. The third-order valence-electron chi connectivity index (χ3n) is 9.26. The fraction of sp³-hybridized carbons (Fsp3) is 0.567. The van der Waals surface area contributed by atoms with E-state index in [1.807, 2.05) is 0 Å². The number of rotatable bonds is 5. The molecule has 11 heteroatoms. The predicted molar refractivity (Wildman–Crippen MR) is 143 cm³/mol. The molecular formula is C30H33ClF4N2O4. The van der Waals surface area contributed by atoms with Crippen LogP contribution < -0.4 is 4.74 Å². The zero-order valence-corrected chi connectivity index (χ0v) is 23.3. The number of piperidine rings is 1. The summed E-state index contributed by atoms with van der Waals surface area (Å²) in [6, 6.07) is 8.42. The molecule has 222 valence electrons. The Hall–Kier alpha value is -2.40. The summed E-state index contributed by atoms with van der Waals surface area (Å²) < 4.78 is 65.7. The normalized spacial score (nSPS) is 29.1. The van der Waals surface area contributed by atoms with Gasteiger partial charge in [-0.3, -0.25) is 9.69 Å². The van der Waals surface area contributed by atoms with E-state index in [9.17, 15) is 27.5 Å². The molecule has 1 amide bonds. The number of likely N-dealkylation sites (tertiary alicyclic amines) is 1.